The zero-order chi connectivity index (χ0) is 39.0. The maximum atomic E-state index is 14.6. The number of nitrogens with one attached hydrogen (secondary N) is 1. The number of ether oxygens (including phenoxy) is 5. The van der Waals surface area contributed by atoms with E-state index in [-0.39, 0.29) is 55.5 Å². The van der Waals surface area contributed by atoms with Crippen molar-refractivity contribution in [3.05, 3.63) is 84.4 Å². The molecule has 0 bridgehead atoms. The molecule has 2 fully saturated rings. The summed E-state index contributed by atoms with van der Waals surface area (Å²) in [4.78, 5) is 18.5. The van der Waals surface area contributed by atoms with Gasteiger partial charge in [-0.3, -0.25) is 0 Å². The zero-order valence-electron chi connectivity index (χ0n) is 30.8. The molecular formula is C39H46N5O10S-. The number of para-hydroxylation sites is 1. The Balaban J connectivity index is 1.26. The number of carbonyl (C=O) groups is 1. The molecule has 3 aliphatic rings. The van der Waals surface area contributed by atoms with Crippen molar-refractivity contribution in [3.8, 4) is 23.4 Å². The second-order valence-corrected chi connectivity index (χ2v) is 16.4. The molecule has 0 radical (unpaired) electrons. The predicted molar refractivity (Wildman–Crippen MR) is 197 cm³/mol. The highest BCUT2D eigenvalue weighted by molar-refractivity contribution is 7.89. The largest absolute Gasteiger partial charge is 0.530 e. The van der Waals surface area contributed by atoms with Crippen LogP contribution in [-0.4, -0.2) is 99.0 Å². The Morgan fingerprint density at radius 1 is 1.09 bits per heavy atom. The first-order valence-electron chi connectivity index (χ1n) is 18.2. The molecule has 1 amide bonds. The maximum absolute atomic E-state index is 14.6. The third-order valence-electron chi connectivity index (χ3n) is 10.0. The number of carboxylic acid groups (broad SMARTS) is 1. The summed E-state index contributed by atoms with van der Waals surface area (Å²) in [6, 6.07) is 20.6. The molecule has 0 aliphatic carbocycles. The lowest BCUT2D eigenvalue weighted by Gasteiger charge is -2.43. The summed E-state index contributed by atoms with van der Waals surface area (Å²) >= 11 is 0. The maximum Gasteiger partial charge on any atom is 0.303 e. The van der Waals surface area contributed by atoms with E-state index in [9.17, 15) is 28.7 Å². The predicted octanol–water partition coefficient (Wildman–Crippen LogP) is 3.10. The first kappa shape index (κ1) is 39.8. The van der Waals surface area contributed by atoms with Gasteiger partial charge < -0.3 is 43.6 Å². The highest BCUT2D eigenvalue weighted by Gasteiger charge is 2.47. The monoisotopic (exact) mass is 776 g/mol. The molecule has 3 aliphatic heterocycles. The summed E-state index contributed by atoms with van der Waals surface area (Å²) in [5.41, 5.74) is 0.0850. The lowest BCUT2D eigenvalue weighted by Crippen LogP contribution is -2.61. The molecule has 2 N–H and O–H groups in total. The lowest BCUT2D eigenvalue weighted by atomic mass is 9.87. The number of nitriles is 1. The number of aliphatic imine (C=N–C) groups is 1. The molecule has 0 saturated carbocycles. The smallest absolute Gasteiger partial charge is 0.303 e. The average molecular weight is 777 g/mol. The zero-order valence-corrected chi connectivity index (χ0v) is 31.6. The fraction of sp³-hybridized carbons (Fsp3) is 0.462. The van der Waals surface area contributed by atoms with Crippen molar-refractivity contribution in [2.24, 2.45) is 16.3 Å². The Kier molecular flexibility index (Phi) is 12.8. The molecule has 3 heterocycles. The van der Waals surface area contributed by atoms with Crippen LogP contribution >= 0.6 is 0 Å². The van der Waals surface area contributed by atoms with E-state index in [1.807, 2.05) is 56.4 Å². The van der Waals surface area contributed by atoms with Crippen LogP contribution in [0.1, 0.15) is 38.7 Å². The quantitative estimate of drug-likeness (QED) is 0.0711. The van der Waals surface area contributed by atoms with E-state index >= 15 is 0 Å². The molecule has 6 rings (SSSR count). The van der Waals surface area contributed by atoms with Crippen molar-refractivity contribution in [2.75, 3.05) is 39.6 Å². The van der Waals surface area contributed by atoms with E-state index in [1.165, 1.54) is 22.5 Å². The third-order valence-corrected chi connectivity index (χ3v) is 11.8. The summed E-state index contributed by atoms with van der Waals surface area (Å²) in [5.74, 6) is 0.929. The summed E-state index contributed by atoms with van der Waals surface area (Å²) in [6.07, 6.45) is -0.0563. The molecule has 55 heavy (non-hydrogen) atoms. The van der Waals surface area contributed by atoms with Crippen LogP contribution in [0.5, 0.6) is 17.2 Å². The molecule has 0 aromatic heterocycles. The van der Waals surface area contributed by atoms with Gasteiger partial charge in [0.2, 0.25) is 16.8 Å². The minimum absolute atomic E-state index is 0.0340. The highest BCUT2D eigenvalue weighted by atomic mass is 32.2. The standard InChI is InChI=1S/C39H47N5O10S/c1-39(2,17-9-18-41-37(42-25-40)54-28-12-7-4-8-13-28)24-43(55(48,49)29-14-15-34-35(21-29)53-26-52-34)22-33(45)31(20-27-10-5-3-6-11-27)44(38(46)47)32-23-51-36-30(32)16-19-50-36/h3-8,10-15,21,30-33,36,45H,9,16-20,22-24,26H2,1-2H3,(H,41,42)(H,46,47)/p-1/t30-,31-,32-,33+,36+/m0/s1. The van der Waals surface area contributed by atoms with Gasteiger partial charge >= 0.3 is 6.02 Å². The molecule has 5 atom stereocenters. The topological polar surface area (TPSA) is 195 Å². The van der Waals surface area contributed by atoms with E-state index < -0.39 is 52.6 Å². The Morgan fingerprint density at radius 2 is 1.82 bits per heavy atom. The normalized spacial score (nSPS) is 20.4. The van der Waals surface area contributed by atoms with Gasteiger partial charge in [-0.15, -0.1) is 0 Å². The van der Waals surface area contributed by atoms with Gasteiger partial charge in [0.25, 0.3) is 0 Å². The number of aliphatic hydroxyl groups excluding tert-OH is 1. The molecule has 2 saturated heterocycles. The number of aliphatic hydroxyl groups is 1. The number of hydrogen-bond donors (Lipinski definition) is 2. The van der Waals surface area contributed by atoms with Gasteiger partial charge in [0.1, 0.15) is 11.8 Å². The molecule has 15 nitrogen and oxygen atoms in total. The Bertz CT molecular complexity index is 1940. The van der Waals surface area contributed by atoms with Crippen LogP contribution in [0, 0.1) is 22.8 Å². The van der Waals surface area contributed by atoms with Crippen molar-refractivity contribution < 1.29 is 47.1 Å². The van der Waals surface area contributed by atoms with E-state index in [0.717, 1.165) is 10.5 Å². The Labute approximate surface area is 321 Å². The lowest BCUT2D eigenvalue weighted by molar-refractivity contribution is -0.273. The second kappa shape index (κ2) is 17.7. The average Bonchev–Trinajstić information content (AvgIpc) is 3.92. The van der Waals surface area contributed by atoms with Crippen molar-refractivity contribution >= 4 is 22.1 Å². The summed E-state index contributed by atoms with van der Waals surface area (Å²) in [7, 11) is -4.30. The van der Waals surface area contributed by atoms with Crippen LogP contribution in [0.4, 0.5) is 4.79 Å². The summed E-state index contributed by atoms with van der Waals surface area (Å²) < 4.78 is 58.4. The van der Waals surface area contributed by atoms with E-state index in [0.29, 0.717) is 37.4 Å². The minimum Gasteiger partial charge on any atom is -0.530 e. The number of fused-ring (bicyclic) bond motifs is 2. The van der Waals surface area contributed by atoms with E-state index in [2.05, 4.69) is 10.3 Å². The molecular weight excluding hydrogens is 731 g/mol. The first-order valence-corrected chi connectivity index (χ1v) is 19.7. The van der Waals surface area contributed by atoms with Crippen LogP contribution in [-0.2, 0) is 25.9 Å². The van der Waals surface area contributed by atoms with Gasteiger partial charge in [-0.25, -0.2) is 18.7 Å². The van der Waals surface area contributed by atoms with Crippen LogP contribution in [0.15, 0.2) is 88.8 Å². The summed E-state index contributed by atoms with van der Waals surface area (Å²) in [6.45, 7) is 4.04. The number of amidine groups is 1. The van der Waals surface area contributed by atoms with Gasteiger partial charge in [-0.05, 0) is 60.9 Å². The van der Waals surface area contributed by atoms with Crippen LogP contribution in [0.2, 0.25) is 0 Å². The number of carbonyl (C=O) groups excluding carboxylic acids is 1. The van der Waals surface area contributed by atoms with Crippen LogP contribution in [0.25, 0.3) is 0 Å². The van der Waals surface area contributed by atoms with Gasteiger partial charge in [0.15, 0.2) is 24.0 Å². The fourth-order valence-corrected chi connectivity index (χ4v) is 8.99. The Hall–Kier alpha value is -4.92. The van der Waals surface area contributed by atoms with E-state index in [1.54, 1.807) is 24.3 Å². The summed E-state index contributed by atoms with van der Waals surface area (Å²) in [5, 5.41) is 36.8. The molecule has 16 heteroatoms. The van der Waals surface area contributed by atoms with Crippen LogP contribution < -0.4 is 24.6 Å². The van der Waals surface area contributed by atoms with Gasteiger partial charge in [-0.1, -0.05) is 62.4 Å². The van der Waals surface area contributed by atoms with Crippen LogP contribution in [0.3, 0.4) is 0 Å². The number of amides is 1. The van der Waals surface area contributed by atoms with Crippen molar-refractivity contribution in [1.29, 1.82) is 5.26 Å². The number of rotatable bonds is 16. The fourth-order valence-electron chi connectivity index (χ4n) is 7.33. The molecule has 294 valence electrons. The number of benzene rings is 3. The third kappa shape index (κ3) is 9.85. The molecule has 3 aromatic carbocycles. The number of sulfonamides is 1. The number of hydrogen-bond acceptors (Lipinski definition) is 12. The minimum atomic E-state index is -4.30. The van der Waals surface area contributed by atoms with Gasteiger partial charge in [0.05, 0.1) is 36.3 Å². The number of nitrogens with zero attached hydrogens (tertiary/aromatic N) is 4. The van der Waals surface area contributed by atoms with Crippen molar-refractivity contribution in [1.82, 2.24) is 14.5 Å². The molecule has 3 aromatic rings. The Morgan fingerprint density at radius 3 is 2.55 bits per heavy atom. The van der Waals surface area contributed by atoms with Crippen molar-refractivity contribution in [2.45, 2.75) is 68.9 Å². The first-order chi connectivity index (χ1) is 26.4. The molecule has 0 spiro atoms. The second-order valence-electron chi connectivity index (χ2n) is 14.5. The van der Waals surface area contributed by atoms with Gasteiger partial charge in [0, 0.05) is 31.6 Å². The van der Waals surface area contributed by atoms with Gasteiger partial charge in [-0.2, -0.15) is 9.57 Å². The SMILES string of the molecule is CC(C)(CCCN=C(NC#N)Oc1ccccc1)CN(C[C@@H](O)[C@H](Cc1ccccc1)N(C(=O)[O-])[C@H]1CO[C@H]2OCC[C@H]21)S(=O)(=O)c1ccc2c(c1)OCO2. The van der Waals surface area contributed by atoms with E-state index in [4.69, 9.17) is 23.7 Å². The highest BCUT2D eigenvalue weighted by Crippen LogP contribution is 2.38. The molecule has 0 unspecified atom stereocenters. The van der Waals surface area contributed by atoms with Crippen molar-refractivity contribution in [3.63, 3.8) is 0 Å².